The second kappa shape index (κ2) is 5.38. The lowest BCUT2D eigenvalue weighted by Gasteiger charge is -2.27. The van der Waals surface area contributed by atoms with Gasteiger partial charge in [-0.2, -0.15) is 0 Å². The molecule has 0 spiro atoms. The number of likely N-dealkylation sites (tertiary alicyclic amines) is 1. The molecule has 1 atom stereocenters. The molecule has 0 bridgehead atoms. The highest BCUT2D eigenvalue weighted by Gasteiger charge is 2.32. The first kappa shape index (κ1) is 13.5. The molecule has 5 nitrogen and oxygen atoms in total. The minimum atomic E-state index is -1.04. The molecule has 0 saturated carbocycles. The first-order valence-electron chi connectivity index (χ1n) is 6.51. The predicted octanol–water partition coefficient (Wildman–Crippen LogP) is 2.04. The van der Waals surface area contributed by atoms with Crippen molar-refractivity contribution in [1.82, 2.24) is 9.88 Å². The van der Waals surface area contributed by atoms with Crippen LogP contribution in [0.3, 0.4) is 0 Å². The average molecular weight is 262 g/mol. The molecule has 0 radical (unpaired) electrons. The SMILES string of the molecule is CC(C)C1CCCN1C(=O)c1cc(C(=O)O)ccn1. The molecule has 1 fully saturated rings. The van der Waals surface area contributed by atoms with Gasteiger partial charge in [0.2, 0.25) is 0 Å². The van der Waals surface area contributed by atoms with E-state index in [9.17, 15) is 9.59 Å². The van der Waals surface area contributed by atoms with E-state index in [0.29, 0.717) is 5.92 Å². The molecule has 5 heteroatoms. The highest BCUT2D eigenvalue weighted by molar-refractivity contribution is 5.96. The Bertz CT molecular complexity index is 499. The zero-order valence-corrected chi connectivity index (χ0v) is 11.2. The van der Waals surface area contributed by atoms with Crippen molar-refractivity contribution in [3.8, 4) is 0 Å². The third kappa shape index (κ3) is 2.75. The van der Waals surface area contributed by atoms with Crippen molar-refractivity contribution in [1.29, 1.82) is 0 Å². The summed E-state index contributed by atoms with van der Waals surface area (Å²) < 4.78 is 0. The molecule has 19 heavy (non-hydrogen) atoms. The number of carbonyl (C=O) groups is 2. The molecule has 0 aliphatic carbocycles. The van der Waals surface area contributed by atoms with Gasteiger partial charge in [-0.15, -0.1) is 0 Å². The standard InChI is InChI=1S/C14H18N2O3/c1-9(2)12-4-3-7-16(12)13(17)11-8-10(14(18)19)5-6-15-11/h5-6,8-9,12H,3-4,7H2,1-2H3,(H,18,19). The van der Waals surface area contributed by atoms with Gasteiger partial charge in [-0.3, -0.25) is 9.78 Å². The normalized spacial score (nSPS) is 18.9. The molecule has 102 valence electrons. The van der Waals surface area contributed by atoms with Gasteiger partial charge in [0, 0.05) is 18.8 Å². The van der Waals surface area contributed by atoms with Gasteiger partial charge in [-0.1, -0.05) is 13.8 Å². The highest BCUT2D eigenvalue weighted by atomic mass is 16.4. The van der Waals surface area contributed by atoms with E-state index in [1.54, 1.807) is 0 Å². The third-order valence-corrected chi connectivity index (χ3v) is 3.56. The average Bonchev–Trinajstić information content (AvgIpc) is 2.87. The van der Waals surface area contributed by atoms with Gasteiger partial charge >= 0.3 is 5.97 Å². The highest BCUT2D eigenvalue weighted by Crippen LogP contribution is 2.25. The van der Waals surface area contributed by atoms with Crippen LogP contribution in [0.5, 0.6) is 0 Å². The molecule has 1 saturated heterocycles. The number of pyridine rings is 1. The van der Waals surface area contributed by atoms with Crippen LogP contribution in [-0.4, -0.2) is 39.5 Å². The Kier molecular flexibility index (Phi) is 3.83. The number of rotatable bonds is 3. The summed E-state index contributed by atoms with van der Waals surface area (Å²) in [6.45, 7) is 4.91. The number of amides is 1. The Hall–Kier alpha value is -1.91. The molecule has 1 aromatic heterocycles. The molecule has 2 rings (SSSR count). The van der Waals surface area contributed by atoms with Gasteiger partial charge in [0.1, 0.15) is 5.69 Å². The summed E-state index contributed by atoms with van der Waals surface area (Å²) in [6.07, 6.45) is 3.37. The summed E-state index contributed by atoms with van der Waals surface area (Å²) in [5, 5.41) is 8.94. The second-order valence-electron chi connectivity index (χ2n) is 5.19. The van der Waals surface area contributed by atoms with E-state index >= 15 is 0 Å². The summed E-state index contributed by atoms with van der Waals surface area (Å²) in [4.78, 5) is 29.1. The molecular formula is C14H18N2O3. The van der Waals surface area contributed by atoms with Crippen LogP contribution in [0.4, 0.5) is 0 Å². The Labute approximate surface area is 112 Å². The van der Waals surface area contributed by atoms with E-state index in [0.717, 1.165) is 19.4 Å². The molecule has 1 aliphatic heterocycles. The monoisotopic (exact) mass is 262 g/mol. The molecule has 2 heterocycles. The molecule has 1 amide bonds. The largest absolute Gasteiger partial charge is 0.478 e. The van der Waals surface area contributed by atoms with E-state index in [2.05, 4.69) is 18.8 Å². The van der Waals surface area contributed by atoms with Crippen LogP contribution in [0.1, 0.15) is 47.5 Å². The lowest BCUT2D eigenvalue weighted by molar-refractivity contribution is 0.0694. The summed E-state index contributed by atoms with van der Waals surface area (Å²) in [5.74, 6) is -0.813. The van der Waals surface area contributed by atoms with Crippen molar-refractivity contribution in [2.24, 2.45) is 5.92 Å². The van der Waals surface area contributed by atoms with Crippen LogP contribution in [0.25, 0.3) is 0 Å². The van der Waals surface area contributed by atoms with Gasteiger partial charge in [-0.05, 0) is 30.9 Å². The summed E-state index contributed by atoms with van der Waals surface area (Å²) in [5.41, 5.74) is 0.311. The number of hydrogen-bond acceptors (Lipinski definition) is 3. The maximum absolute atomic E-state index is 12.4. The van der Waals surface area contributed by atoms with E-state index in [1.807, 2.05) is 4.90 Å². The van der Waals surface area contributed by atoms with Crippen LogP contribution >= 0.6 is 0 Å². The lowest BCUT2D eigenvalue weighted by atomic mass is 10.0. The van der Waals surface area contributed by atoms with E-state index in [4.69, 9.17) is 5.11 Å². The fourth-order valence-electron chi connectivity index (χ4n) is 2.57. The van der Waals surface area contributed by atoms with Crippen LogP contribution in [-0.2, 0) is 0 Å². The minimum absolute atomic E-state index is 0.0960. The first-order chi connectivity index (χ1) is 9.00. The molecule has 1 N–H and O–H groups in total. The number of carbonyl (C=O) groups excluding carboxylic acids is 1. The number of hydrogen-bond donors (Lipinski definition) is 1. The number of aromatic carboxylic acids is 1. The van der Waals surface area contributed by atoms with Gasteiger partial charge < -0.3 is 10.0 Å². The number of carboxylic acid groups (broad SMARTS) is 1. The molecule has 1 aromatic rings. The van der Waals surface area contributed by atoms with Gasteiger partial charge in [0.05, 0.1) is 5.56 Å². The lowest BCUT2D eigenvalue weighted by Crippen LogP contribution is -2.38. The van der Waals surface area contributed by atoms with Crippen molar-refractivity contribution in [2.45, 2.75) is 32.7 Å². The quantitative estimate of drug-likeness (QED) is 0.905. The zero-order chi connectivity index (χ0) is 14.0. The predicted molar refractivity (Wildman–Crippen MR) is 70.1 cm³/mol. The molecular weight excluding hydrogens is 244 g/mol. The molecule has 1 unspecified atom stereocenters. The van der Waals surface area contributed by atoms with Crippen LogP contribution in [0, 0.1) is 5.92 Å². The van der Waals surface area contributed by atoms with Crippen molar-refractivity contribution in [3.63, 3.8) is 0 Å². The van der Waals surface area contributed by atoms with E-state index < -0.39 is 5.97 Å². The third-order valence-electron chi connectivity index (χ3n) is 3.56. The number of aromatic nitrogens is 1. The summed E-state index contributed by atoms with van der Waals surface area (Å²) in [6, 6.07) is 2.96. The van der Waals surface area contributed by atoms with Crippen molar-refractivity contribution < 1.29 is 14.7 Å². The smallest absolute Gasteiger partial charge is 0.335 e. The van der Waals surface area contributed by atoms with Gasteiger partial charge in [0.25, 0.3) is 5.91 Å². The van der Waals surface area contributed by atoms with Crippen molar-refractivity contribution in [2.75, 3.05) is 6.54 Å². The molecule has 0 aromatic carbocycles. The van der Waals surface area contributed by atoms with E-state index in [-0.39, 0.29) is 23.2 Å². The molecule has 1 aliphatic rings. The van der Waals surface area contributed by atoms with Gasteiger partial charge in [0.15, 0.2) is 0 Å². The Morgan fingerprint density at radius 3 is 2.84 bits per heavy atom. The minimum Gasteiger partial charge on any atom is -0.478 e. The number of carboxylic acids is 1. The maximum Gasteiger partial charge on any atom is 0.335 e. The summed E-state index contributed by atoms with van der Waals surface area (Å²) >= 11 is 0. The first-order valence-corrected chi connectivity index (χ1v) is 6.51. The van der Waals surface area contributed by atoms with Gasteiger partial charge in [-0.25, -0.2) is 4.79 Å². The van der Waals surface area contributed by atoms with Crippen molar-refractivity contribution >= 4 is 11.9 Å². The second-order valence-corrected chi connectivity index (χ2v) is 5.19. The fraction of sp³-hybridized carbons (Fsp3) is 0.500. The summed E-state index contributed by atoms with van der Waals surface area (Å²) in [7, 11) is 0. The Morgan fingerprint density at radius 2 is 2.21 bits per heavy atom. The van der Waals surface area contributed by atoms with Crippen LogP contribution < -0.4 is 0 Å². The Morgan fingerprint density at radius 1 is 1.47 bits per heavy atom. The maximum atomic E-state index is 12.4. The Balaban J connectivity index is 2.24. The van der Waals surface area contributed by atoms with E-state index in [1.165, 1.54) is 18.3 Å². The van der Waals surface area contributed by atoms with Crippen LogP contribution in [0.15, 0.2) is 18.3 Å². The van der Waals surface area contributed by atoms with Crippen LogP contribution in [0.2, 0.25) is 0 Å². The fourth-order valence-corrected chi connectivity index (χ4v) is 2.57. The van der Waals surface area contributed by atoms with Crippen molar-refractivity contribution in [3.05, 3.63) is 29.6 Å². The number of nitrogens with zero attached hydrogens (tertiary/aromatic N) is 2. The zero-order valence-electron chi connectivity index (χ0n) is 11.2. The topological polar surface area (TPSA) is 70.5 Å².